The van der Waals surface area contributed by atoms with Gasteiger partial charge in [-0.05, 0) is 55.0 Å². The summed E-state index contributed by atoms with van der Waals surface area (Å²) in [5.74, 6) is 0.692. The fourth-order valence-electron chi connectivity index (χ4n) is 2.37. The largest absolute Gasteiger partial charge is 0.484 e. The van der Waals surface area contributed by atoms with E-state index in [9.17, 15) is 14.9 Å². The molecule has 3 rings (SSSR count). The Balaban J connectivity index is 1.46. The Morgan fingerprint density at radius 1 is 1.13 bits per heavy atom. The van der Waals surface area contributed by atoms with Crippen LogP contribution in [0.5, 0.6) is 5.75 Å². The highest BCUT2D eigenvalue weighted by Crippen LogP contribution is 2.13. The van der Waals surface area contributed by atoms with Crippen LogP contribution in [0.25, 0.3) is 0 Å². The van der Waals surface area contributed by atoms with Gasteiger partial charge in [0.25, 0.3) is 11.6 Å². The molecule has 1 amide bonds. The molecule has 1 heterocycles. The third-order valence-corrected chi connectivity index (χ3v) is 3.94. The van der Waals surface area contributed by atoms with Gasteiger partial charge in [0, 0.05) is 11.8 Å². The normalized spacial score (nSPS) is 10.6. The van der Waals surface area contributed by atoms with Crippen LogP contribution in [0.4, 0.5) is 17.2 Å². The molecular formula is C21H19N5O4. The van der Waals surface area contributed by atoms with E-state index in [-0.39, 0.29) is 18.2 Å². The third kappa shape index (κ3) is 6.13. The average Bonchev–Trinajstić information content (AvgIpc) is 2.75. The monoisotopic (exact) mass is 405 g/mol. The van der Waals surface area contributed by atoms with Gasteiger partial charge < -0.3 is 10.1 Å². The van der Waals surface area contributed by atoms with E-state index in [0.717, 1.165) is 23.0 Å². The van der Waals surface area contributed by atoms with Crippen LogP contribution in [0.2, 0.25) is 0 Å². The lowest BCUT2D eigenvalue weighted by Gasteiger charge is -2.08. The summed E-state index contributed by atoms with van der Waals surface area (Å²) in [7, 11) is 0. The van der Waals surface area contributed by atoms with E-state index < -0.39 is 4.92 Å². The van der Waals surface area contributed by atoms with E-state index in [0.29, 0.717) is 11.6 Å². The van der Waals surface area contributed by atoms with Crippen LogP contribution in [-0.4, -0.2) is 28.6 Å². The van der Waals surface area contributed by atoms with E-state index in [4.69, 9.17) is 4.74 Å². The fourth-order valence-corrected chi connectivity index (χ4v) is 2.37. The summed E-state index contributed by atoms with van der Waals surface area (Å²) in [6.07, 6.45) is 2.72. The number of nitro groups is 1. The summed E-state index contributed by atoms with van der Waals surface area (Å²) in [6.45, 7) is 1.88. The van der Waals surface area contributed by atoms with E-state index in [1.54, 1.807) is 30.5 Å². The minimum atomic E-state index is -0.518. The van der Waals surface area contributed by atoms with Crippen molar-refractivity contribution in [2.24, 2.45) is 5.10 Å². The molecule has 0 unspecified atom stereocenters. The van der Waals surface area contributed by atoms with Gasteiger partial charge in [-0.15, -0.1) is 0 Å². The first-order chi connectivity index (χ1) is 14.5. The molecule has 0 spiro atoms. The Hall–Kier alpha value is -4.27. The summed E-state index contributed by atoms with van der Waals surface area (Å²) in [5.41, 5.74) is 5.23. The Morgan fingerprint density at radius 3 is 2.50 bits per heavy atom. The molecule has 9 heteroatoms. The number of carbonyl (C=O) groups is 1. The number of hydrogen-bond donors (Lipinski definition) is 2. The summed E-state index contributed by atoms with van der Waals surface area (Å²) in [6, 6.07) is 17.3. The van der Waals surface area contributed by atoms with Crippen LogP contribution in [0.15, 0.2) is 72.0 Å². The molecule has 1 aromatic heterocycles. The Kier molecular flexibility index (Phi) is 6.67. The lowest BCUT2D eigenvalue weighted by atomic mass is 10.2. The van der Waals surface area contributed by atoms with Crippen molar-refractivity contribution in [3.63, 3.8) is 0 Å². The van der Waals surface area contributed by atoms with Crippen molar-refractivity contribution in [3.05, 3.63) is 88.1 Å². The smallest absolute Gasteiger partial charge is 0.287 e. The van der Waals surface area contributed by atoms with Crippen molar-refractivity contribution in [1.82, 2.24) is 4.98 Å². The Labute approximate surface area is 172 Å². The Bertz CT molecular complexity index is 1030. The molecule has 9 nitrogen and oxygen atoms in total. The summed E-state index contributed by atoms with van der Waals surface area (Å²) < 4.78 is 5.49. The molecule has 0 fully saturated rings. The molecule has 0 bridgehead atoms. The molecule has 0 radical (unpaired) electrons. The van der Waals surface area contributed by atoms with Crippen molar-refractivity contribution >= 4 is 29.3 Å². The second-order valence-electron chi connectivity index (χ2n) is 6.30. The number of carbonyl (C=O) groups excluding carboxylic acids is 1. The van der Waals surface area contributed by atoms with E-state index in [2.05, 4.69) is 20.8 Å². The van der Waals surface area contributed by atoms with Crippen molar-refractivity contribution in [2.45, 2.75) is 6.92 Å². The number of rotatable bonds is 8. The number of benzene rings is 2. The molecule has 2 N–H and O–H groups in total. The zero-order valence-electron chi connectivity index (χ0n) is 16.1. The molecule has 0 atom stereocenters. The van der Waals surface area contributed by atoms with Crippen molar-refractivity contribution in [3.8, 4) is 5.75 Å². The predicted molar refractivity (Wildman–Crippen MR) is 114 cm³/mol. The van der Waals surface area contributed by atoms with Crippen LogP contribution in [0.3, 0.4) is 0 Å². The standard InChI is InChI=1S/C21H19N5O4/c1-15-2-6-17(7-3-15)24-21(27)14-30-19-9-4-16(5-10-19)12-23-25-20-11-8-18(13-22-20)26(28)29/h2-13H,14H2,1H3,(H,22,25)(H,24,27)/b23-12+. The molecule has 0 aliphatic heterocycles. The summed E-state index contributed by atoms with van der Waals surface area (Å²) in [5, 5.41) is 17.4. The van der Waals surface area contributed by atoms with Gasteiger partial charge in [-0.1, -0.05) is 17.7 Å². The minimum Gasteiger partial charge on any atom is -0.484 e. The lowest BCUT2D eigenvalue weighted by molar-refractivity contribution is -0.385. The van der Waals surface area contributed by atoms with Gasteiger partial charge in [-0.3, -0.25) is 20.3 Å². The van der Waals surface area contributed by atoms with Gasteiger partial charge in [-0.25, -0.2) is 4.98 Å². The first-order valence-electron chi connectivity index (χ1n) is 8.98. The van der Waals surface area contributed by atoms with Crippen LogP contribution < -0.4 is 15.5 Å². The number of amides is 1. The number of pyridine rings is 1. The molecule has 0 aliphatic rings. The highest BCUT2D eigenvalue weighted by Gasteiger charge is 2.05. The quantitative estimate of drug-likeness (QED) is 0.335. The molecular weight excluding hydrogens is 386 g/mol. The minimum absolute atomic E-state index is 0.0901. The molecule has 0 aliphatic carbocycles. The number of ether oxygens (including phenoxy) is 1. The van der Waals surface area contributed by atoms with Crippen molar-refractivity contribution < 1.29 is 14.5 Å². The van der Waals surface area contributed by atoms with Gasteiger partial charge >= 0.3 is 0 Å². The lowest BCUT2D eigenvalue weighted by Crippen LogP contribution is -2.20. The van der Waals surface area contributed by atoms with Gasteiger partial charge in [0.05, 0.1) is 11.1 Å². The fraction of sp³-hybridized carbons (Fsp3) is 0.0952. The van der Waals surface area contributed by atoms with Crippen LogP contribution >= 0.6 is 0 Å². The third-order valence-electron chi connectivity index (χ3n) is 3.94. The molecule has 3 aromatic rings. The van der Waals surface area contributed by atoms with Gasteiger partial charge in [0.1, 0.15) is 17.8 Å². The second kappa shape index (κ2) is 9.78. The average molecular weight is 405 g/mol. The maximum Gasteiger partial charge on any atom is 0.287 e. The van der Waals surface area contributed by atoms with E-state index in [1.165, 1.54) is 12.1 Å². The zero-order chi connectivity index (χ0) is 21.3. The number of anilines is 2. The molecule has 2 aromatic carbocycles. The Morgan fingerprint density at radius 2 is 1.87 bits per heavy atom. The maximum absolute atomic E-state index is 12.0. The van der Waals surface area contributed by atoms with Crippen LogP contribution in [0, 0.1) is 17.0 Å². The van der Waals surface area contributed by atoms with E-state index >= 15 is 0 Å². The van der Waals surface area contributed by atoms with Gasteiger partial charge in [-0.2, -0.15) is 5.10 Å². The molecule has 0 saturated heterocycles. The van der Waals surface area contributed by atoms with Gasteiger partial charge in [0.2, 0.25) is 0 Å². The highest BCUT2D eigenvalue weighted by molar-refractivity contribution is 5.91. The number of nitrogens with zero attached hydrogens (tertiary/aromatic N) is 3. The van der Waals surface area contributed by atoms with Crippen molar-refractivity contribution in [2.75, 3.05) is 17.3 Å². The van der Waals surface area contributed by atoms with Gasteiger partial charge in [0.15, 0.2) is 6.61 Å². The van der Waals surface area contributed by atoms with Crippen molar-refractivity contribution in [1.29, 1.82) is 0 Å². The van der Waals surface area contributed by atoms with Crippen LogP contribution in [0.1, 0.15) is 11.1 Å². The van der Waals surface area contributed by atoms with E-state index in [1.807, 2.05) is 31.2 Å². The maximum atomic E-state index is 12.0. The molecule has 152 valence electrons. The number of aryl methyl sites for hydroxylation is 1. The topological polar surface area (TPSA) is 119 Å². The second-order valence-corrected chi connectivity index (χ2v) is 6.30. The number of aromatic nitrogens is 1. The highest BCUT2D eigenvalue weighted by atomic mass is 16.6. The number of hydrazone groups is 1. The first-order valence-corrected chi connectivity index (χ1v) is 8.98. The predicted octanol–water partition coefficient (Wildman–Crippen LogP) is 3.76. The SMILES string of the molecule is Cc1ccc(NC(=O)COc2ccc(/C=N/Nc3ccc([N+](=O)[O-])cn3)cc2)cc1. The first kappa shape index (κ1) is 20.5. The number of hydrogen-bond acceptors (Lipinski definition) is 7. The summed E-state index contributed by atoms with van der Waals surface area (Å²) >= 11 is 0. The number of nitrogens with one attached hydrogen (secondary N) is 2. The molecule has 0 saturated carbocycles. The zero-order valence-corrected chi connectivity index (χ0v) is 16.1. The van der Waals surface area contributed by atoms with Crippen LogP contribution in [-0.2, 0) is 4.79 Å². The summed E-state index contributed by atoms with van der Waals surface area (Å²) in [4.78, 5) is 25.9. The molecule has 30 heavy (non-hydrogen) atoms.